The van der Waals surface area contributed by atoms with Gasteiger partial charge < -0.3 is 20.6 Å². The van der Waals surface area contributed by atoms with Crippen LogP contribution in [0.5, 0.6) is 0 Å². The third kappa shape index (κ3) is 4.96. The van der Waals surface area contributed by atoms with Crippen molar-refractivity contribution >= 4 is 23.5 Å². The molecule has 0 saturated carbocycles. The Balaban J connectivity index is 1.27. The number of aryl methyl sites for hydroxylation is 1. The second-order valence-electron chi connectivity index (χ2n) is 7.77. The minimum atomic E-state index is -0.505. The van der Waals surface area contributed by atoms with Gasteiger partial charge in [-0.3, -0.25) is 4.90 Å². The molecule has 0 unspecified atom stereocenters. The average molecular weight is 393 g/mol. The summed E-state index contributed by atoms with van der Waals surface area (Å²) in [5, 5.41) is 16.0. The van der Waals surface area contributed by atoms with Crippen molar-refractivity contribution in [3.8, 4) is 0 Å². The lowest BCUT2D eigenvalue weighted by molar-refractivity contribution is 0.142. The van der Waals surface area contributed by atoms with Crippen molar-refractivity contribution in [2.24, 2.45) is 0 Å². The topological polar surface area (TPSA) is 67.8 Å². The number of piperazine rings is 1. The fourth-order valence-electron chi connectivity index (χ4n) is 3.82. The second kappa shape index (κ2) is 8.68. The molecular formula is C23H28N4O2. The number of hydrogen-bond acceptors (Lipinski definition) is 4. The molecule has 0 bridgehead atoms. The summed E-state index contributed by atoms with van der Waals surface area (Å²) < 4.78 is 0. The van der Waals surface area contributed by atoms with E-state index in [1.807, 2.05) is 30.4 Å². The first kappa shape index (κ1) is 19.5. The van der Waals surface area contributed by atoms with E-state index in [2.05, 4.69) is 51.6 Å². The van der Waals surface area contributed by atoms with E-state index in [9.17, 15) is 9.90 Å². The highest BCUT2D eigenvalue weighted by Gasteiger charge is 2.19. The molecule has 1 saturated heterocycles. The third-order valence-corrected chi connectivity index (χ3v) is 5.54. The molecule has 6 nitrogen and oxygen atoms in total. The van der Waals surface area contributed by atoms with Crippen molar-refractivity contribution < 1.29 is 9.90 Å². The molecule has 0 radical (unpaired) electrons. The summed E-state index contributed by atoms with van der Waals surface area (Å²) in [6, 6.07) is 14.4. The van der Waals surface area contributed by atoms with Gasteiger partial charge in [0.2, 0.25) is 0 Å². The lowest BCUT2D eigenvalue weighted by Crippen LogP contribution is -2.48. The van der Waals surface area contributed by atoms with Gasteiger partial charge in [0.25, 0.3) is 0 Å². The minimum Gasteiger partial charge on any atom is -0.388 e. The van der Waals surface area contributed by atoms with Gasteiger partial charge in [0.05, 0.1) is 6.10 Å². The summed E-state index contributed by atoms with van der Waals surface area (Å²) in [5.74, 6) is 0. The van der Waals surface area contributed by atoms with Crippen LogP contribution in [0.2, 0.25) is 0 Å². The molecule has 2 aromatic carbocycles. The van der Waals surface area contributed by atoms with Crippen LogP contribution in [0.4, 0.5) is 16.2 Å². The van der Waals surface area contributed by atoms with Gasteiger partial charge in [-0.25, -0.2) is 4.79 Å². The smallest absolute Gasteiger partial charge is 0.319 e. The molecular weight excluding hydrogens is 364 g/mol. The zero-order valence-electron chi connectivity index (χ0n) is 16.8. The first-order valence-electron chi connectivity index (χ1n) is 10.1. The number of aliphatic hydroxyl groups is 1. The van der Waals surface area contributed by atoms with Crippen molar-refractivity contribution in [3.63, 3.8) is 0 Å². The fraction of sp³-hybridized carbons (Fsp3) is 0.348. The first-order valence-corrected chi connectivity index (χ1v) is 10.1. The number of anilines is 2. The van der Waals surface area contributed by atoms with Crippen LogP contribution in [0.25, 0.3) is 6.08 Å². The van der Waals surface area contributed by atoms with E-state index in [1.165, 1.54) is 11.3 Å². The molecule has 0 aromatic heterocycles. The number of carbonyl (C=O) groups excluding carboxylic acids is 1. The van der Waals surface area contributed by atoms with Gasteiger partial charge in [0.1, 0.15) is 0 Å². The number of aliphatic hydroxyl groups excluding tert-OH is 1. The Labute approximate surface area is 171 Å². The zero-order chi connectivity index (χ0) is 20.2. The van der Waals surface area contributed by atoms with Crippen LogP contribution in [0.15, 0.2) is 48.5 Å². The number of β-amino-alcohol motifs (C(OH)–C–C–N with tert-alkyl or cyclic N) is 1. The van der Waals surface area contributed by atoms with Crippen molar-refractivity contribution in [2.45, 2.75) is 19.6 Å². The number of carbonyl (C=O) groups is 1. The Hall–Kier alpha value is -2.83. The normalized spacial score (nSPS) is 18.3. The van der Waals surface area contributed by atoms with Gasteiger partial charge in [0.15, 0.2) is 0 Å². The quantitative estimate of drug-likeness (QED) is 0.732. The molecule has 1 atom stereocenters. The number of fused-ring (bicyclic) bond motifs is 1. The summed E-state index contributed by atoms with van der Waals surface area (Å²) >= 11 is 0. The standard InChI is InChI=1S/C23H28N4O2/c1-17-2-6-20(7-3-17)27-12-10-26(11-13-27)16-21(28)8-4-18-5-9-22-19(14-18)15-24-23(29)25-22/h2-9,14,21,28H,10-13,15-16H2,1H3,(H2,24,25,29)/b8-4+/t21-/m1/s1. The van der Waals surface area contributed by atoms with E-state index < -0.39 is 6.10 Å². The first-order chi connectivity index (χ1) is 14.1. The van der Waals surface area contributed by atoms with Crippen LogP contribution < -0.4 is 15.5 Å². The predicted molar refractivity (Wildman–Crippen MR) is 117 cm³/mol. The van der Waals surface area contributed by atoms with E-state index in [-0.39, 0.29) is 6.03 Å². The lowest BCUT2D eigenvalue weighted by atomic mass is 10.1. The Morgan fingerprint density at radius 2 is 1.86 bits per heavy atom. The van der Waals surface area contributed by atoms with Crippen molar-refractivity contribution in [1.82, 2.24) is 10.2 Å². The fourth-order valence-corrected chi connectivity index (χ4v) is 3.82. The third-order valence-electron chi connectivity index (χ3n) is 5.54. The molecule has 2 aliphatic rings. The number of nitrogens with one attached hydrogen (secondary N) is 2. The van der Waals surface area contributed by atoms with Gasteiger partial charge in [0, 0.05) is 50.6 Å². The Morgan fingerprint density at radius 1 is 1.10 bits per heavy atom. The van der Waals surface area contributed by atoms with E-state index in [4.69, 9.17) is 0 Å². The summed E-state index contributed by atoms with van der Waals surface area (Å²) in [6.45, 7) is 7.12. The van der Waals surface area contributed by atoms with Crippen LogP contribution in [-0.4, -0.2) is 54.9 Å². The number of amides is 2. The largest absolute Gasteiger partial charge is 0.388 e. The van der Waals surface area contributed by atoms with Gasteiger partial charge in [-0.15, -0.1) is 0 Å². The molecule has 2 amide bonds. The highest BCUT2D eigenvalue weighted by atomic mass is 16.3. The maximum atomic E-state index is 11.4. The van der Waals surface area contributed by atoms with Gasteiger partial charge in [-0.05, 0) is 42.3 Å². The molecule has 29 heavy (non-hydrogen) atoms. The molecule has 0 aliphatic carbocycles. The van der Waals surface area contributed by atoms with Crippen molar-refractivity contribution in [1.29, 1.82) is 0 Å². The lowest BCUT2D eigenvalue weighted by Gasteiger charge is -2.36. The molecule has 2 aliphatic heterocycles. The predicted octanol–water partition coefficient (Wildman–Crippen LogP) is 2.83. The highest BCUT2D eigenvalue weighted by Crippen LogP contribution is 2.21. The molecule has 2 aromatic rings. The van der Waals surface area contributed by atoms with Gasteiger partial charge >= 0.3 is 6.03 Å². The molecule has 0 spiro atoms. The molecule has 6 heteroatoms. The van der Waals surface area contributed by atoms with Crippen LogP contribution >= 0.6 is 0 Å². The maximum Gasteiger partial charge on any atom is 0.319 e. The maximum absolute atomic E-state index is 11.4. The van der Waals surface area contributed by atoms with Crippen LogP contribution in [0, 0.1) is 6.92 Å². The Morgan fingerprint density at radius 3 is 2.62 bits per heavy atom. The van der Waals surface area contributed by atoms with Crippen molar-refractivity contribution in [2.75, 3.05) is 42.9 Å². The highest BCUT2D eigenvalue weighted by molar-refractivity contribution is 5.92. The molecule has 2 heterocycles. The molecule has 4 rings (SSSR count). The summed E-state index contributed by atoms with van der Waals surface area (Å²) in [5.41, 5.74) is 5.47. The van der Waals surface area contributed by atoms with Crippen LogP contribution in [0.3, 0.4) is 0 Å². The van der Waals surface area contributed by atoms with Crippen LogP contribution in [-0.2, 0) is 6.54 Å². The molecule has 3 N–H and O–H groups in total. The van der Waals surface area contributed by atoms with E-state index in [0.717, 1.165) is 43.0 Å². The van der Waals surface area contributed by atoms with E-state index in [1.54, 1.807) is 0 Å². The average Bonchev–Trinajstić information content (AvgIpc) is 2.73. The second-order valence-corrected chi connectivity index (χ2v) is 7.77. The summed E-state index contributed by atoms with van der Waals surface area (Å²) in [7, 11) is 0. The number of rotatable bonds is 5. The Bertz CT molecular complexity index is 886. The van der Waals surface area contributed by atoms with E-state index >= 15 is 0 Å². The number of benzene rings is 2. The summed E-state index contributed by atoms with van der Waals surface area (Å²) in [4.78, 5) is 16.1. The van der Waals surface area contributed by atoms with Crippen LogP contribution in [0.1, 0.15) is 16.7 Å². The van der Waals surface area contributed by atoms with Gasteiger partial charge in [-0.2, -0.15) is 0 Å². The van der Waals surface area contributed by atoms with Gasteiger partial charge in [-0.1, -0.05) is 35.9 Å². The Kier molecular flexibility index (Phi) is 5.83. The number of urea groups is 1. The zero-order valence-corrected chi connectivity index (χ0v) is 16.8. The molecule has 152 valence electrons. The number of hydrogen-bond donors (Lipinski definition) is 3. The minimum absolute atomic E-state index is 0.168. The number of nitrogens with zero attached hydrogens (tertiary/aromatic N) is 2. The molecule has 1 fully saturated rings. The van der Waals surface area contributed by atoms with E-state index in [0.29, 0.717) is 13.1 Å². The summed E-state index contributed by atoms with van der Waals surface area (Å²) in [6.07, 6.45) is 3.29. The monoisotopic (exact) mass is 392 g/mol. The van der Waals surface area contributed by atoms with Crippen molar-refractivity contribution in [3.05, 3.63) is 65.2 Å². The SMILES string of the molecule is Cc1ccc(N2CCN(C[C@H](O)/C=C/c3ccc4c(c3)CNC(=O)N4)CC2)cc1.